The predicted molar refractivity (Wildman–Crippen MR) is 142 cm³/mol. The van der Waals surface area contributed by atoms with Gasteiger partial charge in [0.15, 0.2) is 0 Å². The van der Waals surface area contributed by atoms with E-state index in [9.17, 15) is 29.4 Å². The first-order valence-electron chi connectivity index (χ1n) is 13.0. The fourth-order valence-corrected chi connectivity index (χ4v) is 4.00. The van der Waals surface area contributed by atoms with Gasteiger partial charge >= 0.3 is 0 Å². The van der Waals surface area contributed by atoms with Crippen molar-refractivity contribution < 1.29 is 29.4 Å². The van der Waals surface area contributed by atoms with Crippen LogP contribution >= 0.6 is 0 Å². The number of carbonyl (C=O) groups is 4. The summed E-state index contributed by atoms with van der Waals surface area (Å²) < 4.78 is 0. The number of carbonyl (C=O) groups excluding carboxylic acids is 4. The lowest BCUT2D eigenvalue weighted by Gasteiger charge is -2.29. The van der Waals surface area contributed by atoms with Crippen molar-refractivity contribution in [3.05, 3.63) is 34.9 Å². The maximum absolute atomic E-state index is 13.1. The fraction of sp³-hybridized carbons (Fsp3) is 0.630. The second-order valence-electron chi connectivity index (χ2n) is 10.1. The number of rotatable bonds is 15. The van der Waals surface area contributed by atoms with E-state index < -0.39 is 29.9 Å². The number of nitrogens with one attached hydrogen (secondary N) is 2. The molecular weight excluding hydrogens is 476 g/mol. The second kappa shape index (κ2) is 15.3. The van der Waals surface area contributed by atoms with Crippen molar-refractivity contribution in [2.24, 2.45) is 23.5 Å². The molecule has 0 saturated heterocycles. The highest BCUT2D eigenvalue weighted by molar-refractivity contribution is 6.04. The Morgan fingerprint density at radius 1 is 0.865 bits per heavy atom. The molecule has 0 heterocycles. The molecule has 0 spiro atoms. The third kappa shape index (κ3) is 9.77. The molecule has 10 nitrogen and oxygen atoms in total. The van der Waals surface area contributed by atoms with Crippen LogP contribution in [-0.4, -0.2) is 77.1 Å². The Labute approximate surface area is 220 Å². The van der Waals surface area contributed by atoms with Crippen molar-refractivity contribution >= 4 is 23.6 Å². The Bertz CT molecular complexity index is 927. The van der Waals surface area contributed by atoms with Crippen LogP contribution < -0.4 is 16.4 Å². The molecule has 0 fully saturated rings. The highest BCUT2D eigenvalue weighted by atomic mass is 16.3. The smallest absolute Gasteiger partial charge is 0.253 e. The molecule has 1 aromatic rings. The summed E-state index contributed by atoms with van der Waals surface area (Å²) in [6.45, 7) is 12.5. The lowest BCUT2D eigenvalue weighted by atomic mass is 9.86. The molecule has 0 radical (unpaired) electrons. The molecule has 0 bridgehead atoms. The van der Waals surface area contributed by atoms with Crippen molar-refractivity contribution in [1.82, 2.24) is 15.5 Å². The molecule has 10 heteroatoms. The summed E-state index contributed by atoms with van der Waals surface area (Å²) in [5, 5.41) is 26.5. The van der Waals surface area contributed by atoms with Gasteiger partial charge in [-0.15, -0.1) is 0 Å². The minimum atomic E-state index is -1.42. The molecule has 0 aliphatic heterocycles. The summed E-state index contributed by atoms with van der Waals surface area (Å²) in [5.74, 6) is -3.05. The van der Waals surface area contributed by atoms with Gasteiger partial charge < -0.3 is 31.5 Å². The summed E-state index contributed by atoms with van der Waals surface area (Å²) in [6, 6.07) is 4.01. The van der Waals surface area contributed by atoms with Gasteiger partial charge in [0.1, 0.15) is 0 Å². The van der Waals surface area contributed by atoms with Crippen LogP contribution in [0, 0.1) is 17.8 Å². The molecule has 4 amide bonds. The summed E-state index contributed by atoms with van der Waals surface area (Å²) in [5.41, 5.74) is 5.62. The van der Waals surface area contributed by atoms with Gasteiger partial charge in [-0.05, 0) is 42.9 Å². The molecule has 37 heavy (non-hydrogen) atoms. The van der Waals surface area contributed by atoms with Gasteiger partial charge in [0.05, 0.1) is 18.1 Å². The molecule has 1 aromatic carbocycles. The monoisotopic (exact) mass is 520 g/mol. The van der Waals surface area contributed by atoms with Crippen molar-refractivity contribution in [2.45, 2.75) is 66.6 Å². The van der Waals surface area contributed by atoms with Crippen LogP contribution in [0.5, 0.6) is 0 Å². The Morgan fingerprint density at radius 3 is 1.89 bits per heavy atom. The van der Waals surface area contributed by atoms with Crippen LogP contribution in [0.1, 0.15) is 85.5 Å². The van der Waals surface area contributed by atoms with Crippen LogP contribution in [0.15, 0.2) is 18.2 Å². The second-order valence-corrected chi connectivity index (χ2v) is 10.1. The lowest BCUT2D eigenvalue weighted by Crippen LogP contribution is -2.49. The van der Waals surface area contributed by atoms with E-state index >= 15 is 0 Å². The molecule has 0 aliphatic rings. The van der Waals surface area contributed by atoms with E-state index in [1.54, 1.807) is 18.7 Å². The van der Waals surface area contributed by atoms with E-state index in [0.29, 0.717) is 19.6 Å². The van der Waals surface area contributed by atoms with Crippen LogP contribution in [0.2, 0.25) is 0 Å². The first kappa shape index (κ1) is 32.0. The Hall–Kier alpha value is -2.98. The number of amides is 4. The number of nitrogens with two attached hydrogens (primary N) is 1. The summed E-state index contributed by atoms with van der Waals surface area (Å²) in [7, 11) is 0. The van der Waals surface area contributed by atoms with Gasteiger partial charge in [0, 0.05) is 42.9 Å². The molecule has 1 rings (SSSR count). The van der Waals surface area contributed by atoms with Crippen LogP contribution in [0.25, 0.3) is 0 Å². The molecular formula is C27H44N4O6. The fourth-order valence-electron chi connectivity index (χ4n) is 4.00. The zero-order valence-corrected chi connectivity index (χ0v) is 22.9. The van der Waals surface area contributed by atoms with E-state index in [2.05, 4.69) is 10.6 Å². The highest BCUT2D eigenvalue weighted by Crippen LogP contribution is 2.19. The van der Waals surface area contributed by atoms with E-state index in [4.69, 9.17) is 5.73 Å². The topological polar surface area (TPSA) is 162 Å². The average molecular weight is 521 g/mol. The van der Waals surface area contributed by atoms with Gasteiger partial charge in [-0.25, -0.2) is 0 Å². The van der Waals surface area contributed by atoms with Gasteiger partial charge in [0.2, 0.25) is 11.8 Å². The van der Waals surface area contributed by atoms with Crippen molar-refractivity contribution in [3.8, 4) is 0 Å². The van der Waals surface area contributed by atoms with E-state index in [0.717, 1.165) is 12.8 Å². The van der Waals surface area contributed by atoms with Crippen LogP contribution in [0.4, 0.5) is 0 Å². The quantitative estimate of drug-likeness (QED) is 0.236. The number of primary amides is 1. The summed E-state index contributed by atoms with van der Waals surface area (Å²) in [6.07, 6.45) is -1.34. The molecule has 6 N–H and O–H groups in total. The highest BCUT2D eigenvalue weighted by Gasteiger charge is 2.34. The third-order valence-corrected chi connectivity index (χ3v) is 5.94. The van der Waals surface area contributed by atoms with Gasteiger partial charge in [-0.2, -0.15) is 0 Å². The number of aliphatic hydroxyl groups excluding tert-OH is 2. The number of aliphatic hydroxyl groups is 2. The van der Waals surface area contributed by atoms with E-state index in [1.165, 1.54) is 18.2 Å². The van der Waals surface area contributed by atoms with Crippen LogP contribution in [0.3, 0.4) is 0 Å². The van der Waals surface area contributed by atoms with Gasteiger partial charge in [0.25, 0.3) is 11.8 Å². The molecule has 3 atom stereocenters. The first-order chi connectivity index (χ1) is 17.3. The Balaban J connectivity index is 3.06. The van der Waals surface area contributed by atoms with E-state index in [-0.39, 0.29) is 46.9 Å². The number of hydrogen-bond donors (Lipinski definition) is 5. The number of nitrogens with zero attached hydrogens (tertiary/aromatic N) is 1. The SMILES string of the molecule is CCCN(CCC)C(=O)c1cc(C(N)=O)cc(C(=O)NCC(O)C(O)C(C(=O)NCC(C)C)C(C)C)c1. The summed E-state index contributed by atoms with van der Waals surface area (Å²) in [4.78, 5) is 52.1. The summed E-state index contributed by atoms with van der Waals surface area (Å²) >= 11 is 0. The zero-order chi connectivity index (χ0) is 28.3. The van der Waals surface area contributed by atoms with Crippen molar-refractivity contribution in [1.29, 1.82) is 0 Å². The molecule has 0 aliphatic carbocycles. The maximum atomic E-state index is 13.1. The van der Waals surface area contributed by atoms with E-state index in [1.807, 2.05) is 27.7 Å². The molecule has 208 valence electrons. The third-order valence-electron chi connectivity index (χ3n) is 5.94. The average Bonchev–Trinajstić information content (AvgIpc) is 2.84. The number of hydrogen-bond acceptors (Lipinski definition) is 6. The Morgan fingerprint density at radius 2 is 1.41 bits per heavy atom. The van der Waals surface area contributed by atoms with Gasteiger partial charge in [-0.1, -0.05) is 41.5 Å². The van der Waals surface area contributed by atoms with Crippen LogP contribution in [-0.2, 0) is 4.79 Å². The molecule has 0 aromatic heterocycles. The standard InChI is InChI=1S/C27H44N4O6/c1-7-9-31(10-8-2)27(37)20-12-18(24(28)34)11-19(13-20)25(35)30-15-21(32)23(33)22(17(5)6)26(36)29-14-16(3)4/h11-13,16-17,21-23,32-33H,7-10,14-15H2,1-6H3,(H2,28,34)(H,29,36)(H,30,35). The maximum Gasteiger partial charge on any atom is 0.253 e. The minimum Gasteiger partial charge on any atom is -0.390 e. The minimum absolute atomic E-state index is 0.00576. The molecule has 0 saturated carbocycles. The largest absolute Gasteiger partial charge is 0.390 e. The zero-order valence-electron chi connectivity index (χ0n) is 22.9. The lowest BCUT2D eigenvalue weighted by molar-refractivity contribution is -0.134. The normalized spacial score (nSPS) is 13.7. The van der Waals surface area contributed by atoms with Crippen molar-refractivity contribution in [2.75, 3.05) is 26.2 Å². The predicted octanol–water partition coefficient (Wildman–Crippen LogP) is 1.54. The van der Waals surface area contributed by atoms with Gasteiger partial charge in [-0.3, -0.25) is 19.2 Å². The Kier molecular flexibility index (Phi) is 13.3. The number of benzene rings is 1. The first-order valence-corrected chi connectivity index (χ1v) is 13.0. The van der Waals surface area contributed by atoms with Crippen molar-refractivity contribution in [3.63, 3.8) is 0 Å². The molecule has 3 unspecified atom stereocenters.